The average molecular weight is 315 g/mol. The fraction of sp³-hybridized carbons (Fsp3) is 0.650. The average Bonchev–Trinajstić information content (AvgIpc) is 3.39. The minimum absolute atomic E-state index is 0.255. The summed E-state index contributed by atoms with van der Waals surface area (Å²) in [5, 5.41) is 12.9. The van der Waals surface area contributed by atoms with Gasteiger partial charge in [-0.2, -0.15) is 0 Å². The van der Waals surface area contributed by atoms with Crippen LogP contribution in [0.15, 0.2) is 30.3 Å². The molecule has 0 aromatic heterocycles. The summed E-state index contributed by atoms with van der Waals surface area (Å²) in [6.45, 7) is 0. The lowest BCUT2D eigenvalue weighted by atomic mass is 9.80. The van der Waals surface area contributed by atoms with Crippen molar-refractivity contribution in [3.63, 3.8) is 0 Å². The Bertz CT molecular complexity index is 498. The highest BCUT2D eigenvalue weighted by atomic mass is 16.4. The Labute approximate surface area is 139 Å². The minimum Gasteiger partial charge on any atom is -0.481 e. The molecule has 3 atom stereocenters. The Morgan fingerprint density at radius 1 is 1.13 bits per heavy atom. The maximum absolute atomic E-state index is 11.0. The first-order valence-electron chi connectivity index (χ1n) is 9.24. The standard InChI is InChI=1S/C20H29NO2/c22-20(23)13-12-17(14-15-6-2-1-3-7-15)21-19-9-5-4-8-18(19)16-10-11-16/h1-3,6-7,16-19,21H,4-5,8-14H2,(H,22,23). The molecule has 0 spiro atoms. The van der Waals surface area contributed by atoms with Crippen molar-refractivity contribution in [2.24, 2.45) is 11.8 Å². The van der Waals surface area contributed by atoms with E-state index in [2.05, 4.69) is 29.6 Å². The molecule has 2 aliphatic rings. The van der Waals surface area contributed by atoms with E-state index in [-0.39, 0.29) is 12.5 Å². The third-order valence-corrected chi connectivity index (χ3v) is 5.53. The fourth-order valence-electron chi connectivity index (χ4n) is 4.20. The molecule has 0 bridgehead atoms. The van der Waals surface area contributed by atoms with Crippen molar-refractivity contribution in [2.45, 2.75) is 69.9 Å². The van der Waals surface area contributed by atoms with E-state index < -0.39 is 5.97 Å². The van der Waals surface area contributed by atoms with Crippen LogP contribution < -0.4 is 5.32 Å². The SMILES string of the molecule is O=C(O)CCC(Cc1ccccc1)NC1CCCCC1C1CC1. The second kappa shape index (κ2) is 7.96. The third-order valence-electron chi connectivity index (χ3n) is 5.53. The summed E-state index contributed by atoms with van der Waals surface area (Å²) < 4.78 is 0. The van der Waals surface area contributed by atoms with Crippen molar-refractivity contribution in [3.05, 3.63) is 35.9 Å². The Morgan fingerprint density at radius 3 is 2.57 bits per heavy atom. The second-order valence-corrected chi connectivity index (χ2v) is 7.38. The van der Waals surface area contributed by atoms with Gasteiger partial charge in [-0.3, -0.25) is 4.79 Å². The fourth-order valence-corrected chi connectivity index (χ4v) is 4.20. The van der Waals surface area contributed by atoms with Crippen molar-refractivity contribution in [3.8, 4) is 0 Å². The monoisotopic (exact) mass is 315 g/mol. The van der Waals surface area contributed by atoms with Gasteiger partial charge in [-0.05, 0) is 55.9 Å². The van der Waals surface area contributed by atoms with Crippen molar-refractivity contribution >= 4 is 5.97 Å². The van der Waals surface area contributed by atoms with Gasteiger partial charge in [0, 0.05) is 18.5 Å². The van der Waals surface area contributed by atoms with E-state index in [1.165, 1.54) is 44.1 Å². The highest BCUT2D eigenvalue weighted by molar-refractivity contribution is 5.66. The Morgan fingerprint density at radius 2 is 1.87 bits per heavy atom. The Balaban J connectivity index is 1.62. The van der Waals surface area contributed by atoms with Crippen LogP contribution in [-0.4, -0.2) is 23.2 Å². The predicted molar refractivity (Wildman–Crippen MR) is 92.4 cm³/mol. The van der Waals surface area contributed by atoms with Gasteiger partial charge in [-0.25, -0.2) is 0 Å². The summed E-state index contributed by atoms with van der Waals surface area (Å²) in [7, 11) is 0. The van der Waals surface area contributed by atoms with Crippen LogP contribution in [0.2, 0.25) is 0 Å². The second-order valence-electron chi connectivity index (χ2n) is 7.38. The van der Waals surface area contributed by atoms with E-state index in [4.69, 9.17) is 5.11 Å². The zero-order valence-electron chi connectivity index (χ0n) is 13.9. The highest BCUT2D eigenvalue weighted by Gasteiger charge is 2.38. The smallest absolute Gasteiger partial charge is 0.303 e. The number of carboxylic acid groups (broad SMARTS) is 1. The predicted octanol–water partition coefficient (Wildman–Crippen LogP) is 4.02. The molecule has 3 rings (SSSR count). The number of hydrogen-bond acceptors (Lipinski definition) is 2. The molecule has 3 nitrogen and oxygen atoms in total. The molecule has 3 unspecified atom stereocenters. The van der Waals surface area contributed by atoms with Gasteiger partial charge in [0.25, 0.3) is 0 Å². The van der Waals surface area contributed by atoms with E-state index >= 15 is 0 Å². The van der Waals surface area contributed by atoms with Crippen LogP contribution in [0.25, 0.3) is 0 Å². The molecule has 0 heterocycles. The Kier molecular flexibility index (Phi) is 5.71. The third kappa shape index (κ3) is 5.07. The Hall–Kier alpha value is -1.35. The molecular weight excluding hydrogens is 286 g/mol. The van der Waals surface area contributed by atoms with Gasteiger partial charge in [0.1, 0.15) is 0 Å². The molecule has 2 saturated carbocycles. The van der Waals surface area contributed by atoms with E-state index in [1.54, 1.807) is 0 Å². The molecule has 1 aromatic carbocycles. The van der Waals surface area contributed by atoms with Gasteiger partial charge in [0.2, 0.25) is 0 Å². The molecule has 0 saturated heterocycles. The first kappa shape index (κ1) is 16.5. The number of hydrogen-bond donors (Lipinski definition) is 2. The lowest BCUT2D eigenvalue weighted by molar-refractivity contribution is -0.137. The summed E-state index contributed by atoms with van der Waals surface area (Å²) >= 11 is 0. The first-order valence-corrected chi connectivity index (χ1v) is 9.24. The molecule has 2 N–H and O–H groups in total. The molecule has 126 valence electrons. The van der Waals surface area contributed by atoms with Crippen LogP contribution >= 0.6 is 0 Å². The summed E-state index contributed by atoms with van der Waals surface area (Å²) in [5.74, 6) is 1.07. The molecule has 0 radical (unpaired) electrons. The molecule has 0 amide bonds. The minimum atomic E-state index is -0.688. The first-order chi connectivity index (χ1) is 11.2. The quantitative estimate of drug-likeness (QED) is 0.762. The van der Waals surface area contributed by atoms with Gasteiger partial charge in [0.15, 0.2) is 0 Å². The summed E-state index contributed by atoms with van der Waals surface area (Å²) in [6, 6.07) is 11.3. The normalized spacial score (nSPS) is 25.9. The van der Waals surface area contributed by atoms with Gasteiger partial charge in [-0.15, -0.1) is 0 Å². The molecule has 23 heavy (non-hydrogen) atoms. The van der Waals surface area contributed by atoms with E-state index in [0.717, 1.165) is 24.7 Å². The molecule has 3 heteroatoms. The number of nitrogens with one attached hydrogen (secondary N) is 1. The molecular formula is C20H29NO2. The maximum atomic E-state index is 11.0. The van der Waals surface area contributed by atoms with Gasteiger partial charge in [0.05, 0.1) is 0 Å². The van der Waals surface area contributed by atoms with Gasteiger partial charge in [-0.1, -0.05) is 43.2 Å². The van der Waals surface area contributed by atoms with Crippen LogP contribution in [0.1, 0.15) is 56.9 Å². The summed E-state index contributed by atoms with van der Waals surface area (Å²) in [4.78, 5) is 11.0. The van der Waals surface area contributed by atoms with Crippen LogP contribution in [0.5, 0.6) is 0 Å². The topological polar surface area (TPSA) is 49.3 Å². The van der Waals surface area contributed by atoms with E-state index in [0.29, 0.717) is 6.04 Å². The highest BCUT2D eigenvalue weighted by Crippen LogP contribution is 2.44. The van der Waals surface area contributed by atoms with Crippen LogP contribution in [0.3, 0.4) is 0 Å². The number of carbonyl (C=O) groups is 1. The van der Waals surface area contributed by atoms with E-state index in [1.807, 2.05) is 6.07 Å². The van der Waals surface area contributed by atoms with Crippen LogP contribution in [0.4, 0.5) is 0 Å². The van der Waals surface area contributed by atoms with Crippen LogP contribution in [0, 0.1) is 11.8 Å². The van der Waals surface area contributed by atoms with E-state index in [9.17, 15) is 4.79 Å². The van der Waals surface area contributed by atoms with Crippen molar-refractivity contribution in [1.82, 2.24) is 5.32 Å². The molecule has 2 aliphatic carbocycles. The van der Waals surface area contributed by atoms with Gasteiger partial charge < -0.3 is 10.4 Å². The lowest BCUT2D eigenvalue weighted by Crippen LogP contribution is -2.46. The maximum Gasteiger partial charge on any atom is 0.303 e. The zero-order valence-corrected chi connectivity index (χ0v) is 13.9. The summed E-state index contributed by atoms with van der Waals surface area (Å²) in [6.07, 6.45) is 10.0. The molecule has 2 fully saturated rings. The number of carboxylic acids is 1. The number of benzene rings is 1. The van der Waals surface area contributed by atoms with Crippen molar-refractivity contribution in [2.75, 3.05) is 0 Å². The van der Waals surface area contributed by atoms with Crippen LogP contribution in [-0.2, 0) is 11.2 Å². The molecule has 0 aliphatic heterocycles. The molecule has 1 aromatic rings. The number of aliphatic carboxylic acids is 1. The largest absolute Gasteiger partial charge is 0.481 e. The summed E-state index contributed by atoms with van der Waals surface area (Å²) in [5.41, 5.74) is 1.30. The van der Waals surface area contributed by atoms with Crippen molar-refractivity contribution < 1.29 is 9.90 Å². The zero-order chi connectivity index (χ0) is 16.1. The van der Waals surface area contributed by atoms with Crippen molar-refractivity contribution in [1.29, 1.82) is 0 Å². The lowest BCUT2D eigenvalue weighted by Gasteiger charge is -2.35. The van der Waals surface area contributed by atoms with Gasteiger partial charge >= 0.3 is 5.97 Å². The number of rotatable bonds is 8.